The summed E-state index contributed by atoms with van der Waals surface area (Å²) in [6, 6.07) is 16.9. The molecule has 0 N–H and O–H groups in total. The van der Waals surface area contributed by atoms with Crippen LogP contribution in [0.1, 0.15) is 22.3 Å². The molecule has 0 bridgehead atoms. The molecule has 0 aromatic heterocycles. The van der Waals surface area contributed by atoms with Gasteiger partial charge in [-0.1, -0.05) is 41.6 Å². The fourth-order valence-electron chi connectivity index (χ4n) is 2.40. The summed E-state index contributed by atoms with van der Waals surface area (Å²) in [6.45, 7) is 0.860. The van der Waals surface area contributed by atoms with Crippen molar-refractivity contribution in [2.45, 2.75) is 6.42 Å². The van der Waals surface area contributed by atoms with E-state index in [4.69, 9.17) is 4.84 Å². The van der Waals surface area contributed by atoms with Crippen molar-refractivity contribution in [3.8, 4) is 0 Å². The largest absolute Gasteiger partial charge is 0.374 e. The normalized spacial score (nSPS) is 15.7. The molecule has 0 aliphatic carbocycles. The monoisotopic (exact) mass is 280 g/mol. The molecule has 0 saturated carbocycles. The maximum Gasteiger partial charge on any atom is 0.365 e. The molecule has 0 amide bonds. The molecule has 3 rings (SSSR count). The van der Waals surface area contributed by atoms with Crippen LogP contribution >= 0.6 is 0 Å². The van der Waals surface area contributed by atoms with Crippen LogP contribution in [-0.2, 0) is 4.84 Å². The Labute approximate surface area is 123 Å². The van der Waals surface area contributed by atoms with Crippen molar-refractivity contribution in [3.63, 3.8) is 0 Å². The predicted octanol–water partition coefficient (Wildman–Crippen LogP) is 3.09. The van der Waals surface area contributed by atoms with Gasteiger partial charge in [0.15, 0.2) is 0 Å². The first kappa shape index (κ1) is 13.4. The molecule has 2 aromatic rings. The number of carbonyl (C=O) groups excluding carboxylic acids is 1. The fraction of sp³-hybridized carbons (Fsp3) is 0.176. The number of hydrogen-bond acceptors (Lipinski definition) is 4. The maximum atomic E-state index is 11.9. The van der Waals surface area contributed by atoms with Crippen LogP contribution in [0.15, 0.2) is 59.8 Å². The van der Waals surface area contributed by atoms with E-state index in [1.165, 1.54) is 0 Å². The van der Waals surface area contributed by atoms with Gasteiger partial charge in [-0.05, 0) is 18.2 Å². The Morgan fingerprint density at radius 2 is 1.81 bits per heavy atom. The Morgan fingerprint density at radius 3 is 2.62 bits per heavy atom. The summed E-state index contributed by atoms with van der Waals surface area (Å²) in [5, 5.41) is 4.08. The first-order valence-corrected chi connectivity index (χ1v) is 6.89. The molecule has 2 aromatic carbocycles. The lowest BCUT2D eigenvalue weighted by Crippen LogP contribution is -2.28. The second-order valence-corrected chi connectivity index (χ2v) is 4.97. The van der Waals surface area contributed by atoms with Gasteiger partial charge in [0, 0.05) is 31.3 Å². The van der Waals surface area contributed by atoms with E-state index in [1.807, 2.05) is 37.4 Å². The number of hydrogen-bond donors (Lipinski definition) is 0. The molecule has 0 radical (unpaired) electrons. The summed E-state index contributed by atoms with van der Waals surface area (Å²) < 4.78 is 0. The van der Waals surface area contributed by atoms with Crippen LogP contribution in [0, 0.1) is 0 Å². The van der Waals surface area contributed by atoms with E-state index < -0.39 is 5.97 Å². The minimum Gasteiger partial charge on any atom is -0.374 e. The molecule has 0 atom stereocenters. The van der Waals surface area contributed by atoms with Crippen LogP contribution in [0.2, 0.25) is 0 Å². The Hall–Kier alpha value is -2.62. The number of oxime groups is 1. The SMILES string of the molecule is CN1CC/C(=N\OC(=O)c2ccccc2)c2ccccc21. The smallest absolute Gasteiger partial charge is 0.365 e. The Bertz CT molecular complexity index is 680. The van der Waals surface area contributed by atoms with Gasteiger partial charge in [-0.25, -0.2) is 4.79 Å². The molecule has 0 saturated heterocycles. The van der Waals surface area contributed by atoms with Crippen LogP contribution in [-0.4, -0.2) is 25.3 Å². The highest BCUT2D eigenvalue weighted by atomic mass is 16.7. The van der Waals surface area contributed by atoms with Gasteiger partial charge in [0.2, 0.25) is 0 Å². The molecule has 106 valence electrons. The molecule has 1 aliphatic heterocycles. The van der Waals surface area contributed by atoms with Gasteiger partial charge < -0.3 is 9.74 Å². The third-order valence-corrected chi connectivity index (χ3v) is 3.56. The van der Waals surface area contributed by atoms with Gasteiger partial charge in [-0.15, -0.1) is 0 Å². The lowest BCUT2D eigenvalue weighted by molar-refractivity contribution is 0.0515. The van der Waals surface area contributed by atoms with Crippen LogP contribution in [0.25, 0.3) is 0 Å². The minimum atomic E-state index is -0.431. The summed E-state index contributed by atoms with van der Waals surface area (Å²) in [5.74, 6) is -0.431. The second kappa shape index (κ2) is 5.79. The zero-order valence-electron chi connectivity index (χ0n) is 11.8. The van der Waals surface area contributed by atoms with Gasteiger partial charge in [-0.3, -0.25) is 0 Å². The molecule has 21 heavy (non-hydrogen) atoms. The van der Waals surface area contributed by atoms with Crippen molar-refractivity contribution in [2.75, 3.05) is 18.5 Å². The molecule has 0 fully saturated rings. The third kappa shape index (κ3) is 2.79. The minimum absolute atomic E-state index is 0.431. The summed E-state index contributed by atoms with van der Waals surface area (Å²) in [4.78, 5) is 19.2. The summed E-state index contributed by atoms with van der Waals surface area (Å²) in [5.41, 5.74) is 3.45. The van der Waals surface area contributed by atoms with Gasteiger partial charge in [0.05, 0.1) is 11.3 Å². The van der Waals surface area contributed by atoms with Crippen LogP contribution in [0.4, 0.5) is 5.69 Å². The maximum absolute atomic E-state index is 11.9. The molecular weight excluding hydrogens is 264 g/mol. The number of para-hydroxylation sites is 1. The summed E-state index contributed by atoms with van der Waals surface area (Å²) in [7, 11) is 2.05. The average molecular weight is 280 g/mol. The van der Waals surface area contributed by atoms with Crippen molar-refractivity contribution < 1.29 is 9.63 Å². The lowest BCUT2D eigenvalue weighted by atomic mass is 10.0. The average Bonchev–Trinajstić information content (AvgIpc) is 2.55. The standard InChI is InChI=1S/C17H16N2O2/c1-19-12-11-15(14-9-5-6-10-16(14)19)18-21-17(20)13-7-3-2-4-8-13/h2-10H,11-12H2,1H3/b18-15+. The molecule has 4 nitrogen and oxygen atoms in total. The summed E-state index contributed by atoms with van der Waals surface area (Å²) >= 11 is 0. The number of fused-ring (bicyclic) bond motifs is 1. The Balaban J connectivity index is 1.82. The quantitative estimate of drug-likeness (QED) is 0.627. The van der Waals surface area contributed by atoms with Crippen molar-refractivity contribution in [1.29, 1.82) is 0 Å². The molecule has 1 heterocycles. The van der Waals surface area contributed by atoms with Crippen molar-refractivity contribution in [3.05, 3.63) is 65.7 Å². The number of nitrogens with zero attached hydrogens (tertiary/aromatic N) is 2. The topological polar surface area (TPSA) is 41.9 Å². The van der Waals surface area contributed by atoms with Crippen LogP contribution in [0.3, 0.4) is 0 Å². The first-order valence-electron chi connectivity index (χ1n) is 6.89. The van der Waals surface area contributed by atoms with Crippen LogP contribution < -0.4 is 4.90 Å². The number of benzene rings is 2. The van der Waals surface area contributed by atoms with E-state index in [1.54, 1.807) is 24.3 Å². The van der Waals surface area contributed by atoms with E-state index in [9.17, 15) is 4.79 Å². The lowest BCUT2D eigenvalue weighted by Gasteiger charge is -2.27. The highest BCUT2D eigenvalue weighted by Gasteiger charge is 2.19. The highest BCUT2D eigenvalue weighted by Crippen LogP contribution is 2.26. The first-order chi connectivity index (χ1) is 10.3. The predicted molar refractivity (Wildman–Crippen MR) is 82.7 cm³/mol. The van der Waals surface area contributed by atoms with Gasteiger partial charge in [-0.2, -0.15) is 0 Å². The molecule has 0 unspecified atom stereocenters. The van der Waals surface area contributed by atoms with Crippen LogP contribution in [0.5, 0.6) is 0 Å². The number of anilines is 1. The van der Waals surface area contributed by atoms with E-state index in [0.717, 1.165) is 29.9 Å². The van der Waals surface area contributed by atoms with Crippen molar-refractivity contribution in [2.24, 2.45) is 5.16 Å². The van der Waals surface area contributed by atoms with E-state index in [2.05, 4.69) is 10.1 Å². The van der Waals surface area contributed by atoms with E-state index >= 15 is 0 Å². The summed E-state index contributed by atoms with van der Waals surface area (Å²) in [6.07, 6.45) is 0.760. The zero-order valence-corrected chi connectivity index (χ0v) is 11.8. The van der Waals surface area contributed by atoms with Gasteiger partial charge in [0.25, 0.3) is 0 Å². The van der Waals surface area contributed by atoms with Gasteiger partial charge in [0.1, 0.15) is 0 Å². The van der Waals surface area contributed by atoms with Crippen molar-refractivity contribution in [1.82, 2.24) is 0 Å². The molecule has 1 aliphatic rings. The Kier molecular flexibility index (Phi) is 3.69. The molecule has 4 heteroatoms. The fourth-order valence-corrected chi connectivity index (χ4v) is 2.40. The second-order valence-electron chi connectivity index (χ2n) is 4.97. The highest BCUT2D eigenvalue weighted by molar-refractivity contribution is 6.07. The van der Waals surface area contributed by atoms with E-state index in [0.29, 0.717) is 5.56 Å². The third-order valence-electron chi connectivity index (χ3n) is 3.56. The molecule has 0 spiro atoms. The number of carbonyl (C=O) groups is 1. The number of rotatable bonds is 2. The van der Waals surface area contributed by atoms with Gasteiger partial charge >= 0.3 is 5.97 Å². The van der Waals surface area contributed by atoms with Crippen molar-refractivity contribution >= 4 is 17.4 Å². The van der Waals surface area contributed by atoms with E-state index in [-0.39, 0.29) is 0 Å². The Morgan fingerprint density at radius 1 is 1.10 bits per heavy atom. The zero-order chi connectivity index (χ0) is 14.7. The molecular formula is C17H16N2O2.